The lowest BCUT2D eigenvalue weighted by molar-refractivity contribution is 0.671. The number of hydrogen-bond acceptors (Lipinski definition) is 5. The maximum absolute atomic E-state index is 6.82. The van der Waals surface area contributed by atoms with Crippen molar-refractivity contribution in [1.29, 1.82) is 0 Å². The van der Waals surface area contributed by atoms with E-state index >= 15 is 0 Å². The zero-order valence-electron chi connectivity index (χ0n) is 26.4. The smallest absolute Gasteiger partial charge is 0.164 e. The molecule has 0 aliphatic carbocycles. The third kappa shape index (κ3) is 5.33. The fourth-order valence-corrected chi connectivity index (χ4v) is 6.44. The minimum Gasteiger partial charge on any atom is -0.455 e. The summed E-state index contributed by atoms with van der Waals surface area (Å²) >= 11 is 0. The second-order valence-electron chi connectivity index (χ2n) is 11.9. The summed E-state index contributed by atoms with van der Waals surface area (Å²) in [5.74, 6) is 1.82. The number of fused-ring (bicyclic) bond motifs is 3. The number of rotatable bonds is 6. The van der Waals surface area contributed by atoms with Gasteiger partial charge in [-0.25, -0.2) is 15.0 Å². The van der Waals surface area contributed by atoms with Gasteiger partial charge in [0.05, 0.1) is 0 Å². The monoisotopic (exact) mass is 628 g/mol. The van der Waals surface area contributed by atoms with Crippen molar-refractivity contribution in [2.45, 2.75) is 0 Å². The van der Waals surface area contributed by atoms with Crippen LogP contribution in [0.1, 0.15) is 0 Å². The fraction of sp³-hybridized carbons (Fsp3) is 0. The first-order chi connectivity index (χ1) is 24.3. The standard InChI is InChI=1S/C44H28N4O/c1-4-13-29(14-5-1)36-20-10-22-38-39-23-11-21-37(41(39)49-40(36)38)34-25-33(32-19-12-24-45-28-32)26-35(27-34)44-47-42(30-15-6-2-7-16-30)46-43(48-44)31-17-8-3-9-18-31/h1-28H. The first-order valence-corrected chi connectivity index (χ1v) is 16.2. The van der Waals surface area contributed by atoms with Gasteiger partial charge >= 0.3 is 0 Å². The van der Waals surface area contributed by atoms with Gasteiger partial charge in [0.2, 0.25) is 0 Å². The summed E-state index contributed by atoms with van der Waals surface area (Å²) in [6.07, 6.45) is 3.67. The van der Waals surface area contributed by atoms with Gasteiger partial charge in [-0.1, -0.05) is 133 Å². The first-order valence-electron chi connectivity index (χ1n) is 16.2. The molecular formula is C44H28N4O. The fourth-order valence-electron chi connectivity index (χ4n) is 6.44. The van der Waals surface area contributed by atoms with Gasteiger partial charge in [0.25, 0.3) is 0 Å². The summed E-state index contributed by atoms with van der Waals surface area (Å²) in [6, 6.07) is 53.7. The minimum absolute atomic E-state index is 0.586. The highest BCUT2D eigenvalue weighted by atomic mass is 16.3. The summed E-state index contributed by atoms with van der Waals surface area (Å²) in [5.41, 5.74) is 10.6. The number of hydrogen-bond donors (Lipinski definition) is 0. The second kappa shape index (κ2) is 12.1. The molecule has 0 N–H and O–H groups in total. The van der Waals surface area contributed by atoms with E-state index in [9.17, 15) is 0 Å². The molecule has 6 aromatic carbocycles. The Labute approximate surface area is 283 Å². The predicted octanol–water partition coefficient (Wildman–Crippen LogP) is 11.2. The number of furan rings is 1. The molecule has 0 bridgehead atoms. The minimum atomic E-state index is 0.586. The van der Waals surface area contributed by atoms with E-state index in [1.54, 1.807) is 6.20 Å². The zero-order chi connectivity index (χ0) is 32.6. The third-order valence-electron chi connectivity index (χ3n) is 8.81. The lowest BCUT2D eigenvalue weighted by Gasteiger charge is -2.12. The first kappa shape index (κ1) is 28.5. The molecule has 0 radical (unpaired) electrons. The Bertz CT molecular complexity index is 2530. The lowest BCUT2D eigenvalue weighted by Crippen LogP contribution is -2.00. The van der Waals surface area contributed by atoms with Crippen molar-refractivity contribution in [2.24, 2.45) is 0 Å². The van der Waals surface area contributed by atoms with Crippen LogP contribution in [0.3, 0.4) is 0 Å². The molecule has 0 saturated carbocycles. The van der Waals surface area contributed by atoms with Crippen LogP contribution in [0.15, 0.2) is 175 Å². The van der Waals surface area contributed by atoms with E-state index in [1.165, 1.54) is 0 Å². The van der Waals surface area contributed by atoms with E-state index in [4.69, 9.17) is 19.4 Å². The average Bonchev–Trinajstić information content (AvgIpc) is 3.58. The van der Waals surface area contributed by atoms with Gasteiger partial charge in [-0.15, -0.1) is 0 Å². The Kier molecular flexibility index (Phi) is 7.06. The van der Waals surface area contributed by atoms with Crippen LogP contribution in [0.5, 0.6) is 0 Å². The van der Waals surface area contributed by atoms with E-state index in [2.05, 4.69) is 89.9 Å². The summed E-state index contributed by atoms with van der Waals surface area (Å²) < 4.78 is 6.82. The molecule has 0 saturated heterocycles. The number of pyridine rings is 1. The Morgan fingerprint density at radius 3 is 1.37 bits per heavy atom. The Hall–Kier alpha value is -6.72. The second-order valence-corrected chi connectivity index (χ2v) is 11.9. The Balaban J connectivity index is 1.28. The molecule has 0 unspecified atom stereocenters. The maximum atomic E-state index is 6.82. The van der Waals surface area contributed by atoms with E-state index in [0.29, 0.717) is 17.5 Å². The van der Waals surface area contributed by atoms with Gasteiger partial charge in [-0.2, -0.15) is 0 Å². The largest absolute Gasteiger partial charge is 0.455 e. The number of nitrogens with zero attached hydrogens (tertiary/aromatic N) is 4. The summed E-state index contributed by atoms with van der Waals surface area (Å²) in [6.45, 7) is 0. The van der Waals surface area contributed by atoms with Crippen molar-refractivity contribution >= 4 is 21.9 Å². The normalized spacial score (nSPS) is 11.3. The van der Waals surface area contributed by atoms with Crippen LogP contribution in [-0.2, 0) is 0 Å². The van der Waals surface area contributed by atoms with Gasteiger partial charge in [0.15, 0.2) is 17.5 Å². The van der Waals surface area contributed by atoms with Gasteiger partial charge < -0.3 is 4.42 Å². The molecule has 9 rings (SSSR count). The highest BCUT2D eigenvalue weighted by molar-refractivity contribution is 6.13. The zero-order valence-corrected chi connectivity index (χ0v) is 26.4. The molecule has 3 aromatic heterocycles. The number of benzene rings is 6. The molecule has 0 amide bonds. The quantitative estimate of drug-likeness (QED) is 0.183. The molecule has 9 aromatic rings. The molecule has 0 aliphatic heterocycles. The number of aromatic nitrogens is 4. The van der Waals surface area contributed by atoms with Crippen molar-refractivity contribution in [3.05, 3.63) is 170 Å². The third-order valence-corrected chi connectivity index (χ3v) is 8.81. The van der Waals surface area contributed by atoms with Crippen LogP contribution in [0.2, 0.25) is 0 Å². The van der Waals surface area contributed by atoms with Crippen LogP contribution in [-0.4, -0.2) is 19.9 Å². The van der Waals surface area contributed by atoms with Crippen molar-refractivity contribution in [1.82, 2.24) is 19.9 Å². The van der Waals surface area contributed by atoms with Crippen molar-refractivity contribution in [3.63, 3.8) is 0 Å². The molecule has 5 heteroatoms. The van der Waals surface area contributed by atoms with Crippen LogP contribution < -0.4 is 0 Å². The molecule has 5 nitrogen and oxygen atoms in total. The predicted molar refractivity (Wildman–Crippen MR) is 198 cm³/mol. The molecule has 230 valence electrons. The van der Waals surface area contributed by atoms with Crippen LogP contribution >= 0.6 is 0 Å². The highest BCUT2D eigenvalue weighted by Crippen LogP contribution is 2.41. The van der Waals surface area contributed by atoms with Crippen LogP contribution in [0, 0.1) is 0 Å². The van der Waals surface area contributed by atoms with Gasteiger partial charge in [0, 0.05) is 56.5 Å². The molecule has 0 atom stereocenters. The van der Waals surface area contributed by atoms with Gasteiger partial charge in [0.1, 0.15) is 11.2 Å². The van der Waals surface area contributed by atoms with Crippen molar-refractivity contribution < 1.29 is 4.42 Å². The van der Waals surface area contributed by atoms with Gasteiger partial charge in [-0.3, -0.25) is 4.98 Å². The van der Waals surface area contributed by atoms with Crippen LogP contribution in [0.25, 0.3) is 89.5 Å². The summed E-state index contributed by atoms with van der Waals surface area (Å²) in [7, 11) is 0. The maximum Gasteiger partial charge on any atom is 0.164 e. The molecule has 3 heterocycles. The molecular weight excluding hydrogens is 601 g/mol. The van der Waals surface area contributed by atoms with Crippen LogP contribution in [0.4, 0.5) is 0 Å². The molecule has 0 fully saturated rings. The summed E-state index contributed by atoms with van der Waals surface area (Å²) in [5, 5.41) is 2.15. The van der Waals surface area contributed by atoms with E-state index in [1.807, 2.05) is 79.0 Å². The Morgan fingerprint density at radius 1 is 0.347 bits per heavy atom. The summed E-state index contributed by atoms with van der Waals surface area (Å²) in [4.78, 5) is 19.4. The molecule has 0 spiro atoms. The molecule has 0 aliphatic rings. The highest BCUT2D eigenvalue weighted by Gasteiger charge is 2.19. The topological polar surface area (TPSA) is 64.7 Å². The van der Waals surface area contributed by atoms with E-state index in [-0.39, 0.29) is 0 Å². The van der Waals surface area contributed by atoms with Crippen molar-refractivity contribution in [2.75, 3.05) is 0 Å². The SMILES string of the molecule is c1ccc(-c2nc(-c3ccccc3)nc(-c3cc(-c4cccnc4)cc(-c4cccc5c4oc4c(-c6ccccc6)cccc45)c3)n2)cc1. The van der Waals surface area contributed by atoms with E-state index in [0.717, 1.165) is 72.0 Å². The van der Waals surface area contributed by atoms with E-state index < -0.39 is 0 Å². The Morgan fingerprint density at radius 2 is 0.816 bits per heavy atom. The van der Waals surface area contributed by atoms with Crippen molar-refractivity contribution in [3.8, 4) is 67.5 Å². The van der Waals surface area contributed by atoms with Gasteiger partial charge in [-0.05, 0) is 41.0 Å². The number of para-hydroxylation sites is 2. The average molecular weight is 629 g/mol. The molecule has 49 heavy (non-hydrogen) atoms. The lowest BCUT2D eigenvalue weighted by atomic mass is 9.95.